The number of carbonyl (C=O) groups is 1. The Morgan fingerprint density at radius 3 is 2.56 bits per heavy atom. The van der Waals surface area contributed by atoms with Crippen LogP contribution in [0.4, 0.5) is 0 Å². The molecule has 3 heteroatoms. The minimum absolute atomic E-state index is 0.132. The summed E-state index contributed by atoms with van der Waals surface area (Å²) in [5.41, 5.74) is 0.577. The van der Waals surface area contributed by atoms with Crippen molar-refractivity contribution in [2.45, 2.75) is 24.7 Å². The van der Waals surface area contributed by atoms with E-state index in [1.54, 1.807) is 7.11 Å². The zero-order valence-corrected chi connectivity index (χ0v) is 9.66. The second-order valence-corrected chi connectivity index (χ2v) is 4.16. The van der Waals surface area contributed by atoms with Crippen LogP contribution < -0.4 is 4.74 Å². The predicted molar refractivity (Wildman–Crippen MR) is 60.5 cm³/mol. The largest absolute Gasteiger partial charge is 0.497 e. The number of rotatable bonds is 3. The summed E-state index contributed by atoms with van der Waals surface area (Å²) in [4.78, 5) is 11.9. The number of hydrogen-bond donors (Lipinski definition) is 0. The van der Waals surface area contributed by atoms with Crippen molar-refractivity contribution >= 4 is 5.97 Å². The van der Waals surface area contributed by atoms with Gasteiger partial charge in [-0.2, -0.15) is 0 Å². The van der Waals surface area contributed by atoms with Gasteiger partial charge >= 0.3 is 5.97 Å². The van der Waals surface area contributed by atoms with E-state index in [1.807, 2.05) is 24.3 Å². The Hall–Kier alpha value is -1.51. The van der Waals surface area contributed by atoms with Gasteiger partial charge < -0.3 is 9.47 Å². The minimum atomic E-state index is -0.427. The third-order valence-electron chi connectivity index (χ3n) is 3.41. The first-order valence-corrected chi connectivity index (χ1v) is 5.46. The van der Waals surface area contributed by atoms with Crippen molar-refractivity contribution in [3.63, 3.8) is 0 Å². The Kier molecular flexibility index (Phi) is 2.86. The highest BCUT2D eigenvalue weighted by molar-refractivity contribution is 5.84. The lowest BCUT2D eigenvalue weighted by Crippen LogP contribution is -2.43. The first-order valence-electron chi connectivity index (χ1n) is 5.46. The van der Waals surface area contributed by atoms with Crippen LogP contribution in [0.5, 0.6) is 5.75 Å². The third-order valence-corrected chi connectivity index (χ3v) is 3.41. The van der Waals surface area contributed by atoms with E-state index in [9.17, 15) is 4.79 Å². The monoisotopic (exact) mass is 220 g/mol. The van der Waals surface area contributed by atoms with E-state index in [0.717, 1.165) is 30.6 Å². The Labute approximate surface area is 95.4 Å². The molecule has 0 atom stereocenters. The standard InChI is InChI=1S/C13H16O3/c1-15-11-6-3-5-10(9-11)13(7-4-8-13)12(14)16-2/h3,5-6,9H,4,7-8H2,1-2H3. The molecule has 1 saturated carbocycles. The van der Waals surface area contributed by atoms with E-state index in [1.165, 1.54) is 7.11 Å². The van der Waals surface area contributed by atoms with E-state index in [0.29, 0.717) is 0 Å². The molecule has 1 aromatic rings. The van der Waals surface area contributed by atoms with E-state index in [4.69, 9.17) is 9.47 Å². The van der Waals surface area contributed by atoms with Gasteiger partial charge in [0.15, 0.2) is 0 Å². The molecule has 0 saturated heterocycles. The minimum Gasteiger partial charge on any atom is -0.497 e. The van der Waals surface area contributed by atoms with Gasteiger partial charge in [-0.25, -0.2) is 0 Å². The molecule has 0 unspecified atom stereocenters. The highest BCUT2D eigenvalue weighted by Crippen LogP contribution is 2.45. The molecular formula is C13H16O3. The maximum atomic E-state index is 11.9. The molecule has 2 rings (SSSR count). The zero-order chi connectivity index (χ0) is 11.6. The highest BCUT2D eigenvalue weighted by atomic mass is 16.5. The molecule has 0 amide bonds. The Balaban J connectivity index is 2.36. The smallest absolute Gasteiger partial charge is 0.316 e. The molecule has 1 aliphatic carbocycles. The maximum Gasteiger partial charge on any atom is 0.316 e. The number of carbonyl (C=O) groups excluding carboxylic acids is 1. The fourth-order valence-corrected chi connectivity index (χ4v) is 2.26. The van der Waals surface area contributed by atoms with Crippen molar-refractivity contribution in [2.75, 3.05) is 14.2 Å². The lowest BCUT2D eigenvalue weighted by Gasteiger charge is -2.39. The summed E-state index contributed by atoms with van der Waals surface area (Å²) in [6.45, 7) is 0. The van der Waals surface area contributed by atoms with Crippen LogP contribution in [0, 0.1) is 0 Å². The number of benzene rings is 1. The van der Waals surface area contributed by atoms with Crippen LogP contribution >= 0.6 is 0 Å². The summed E-state index contributed by atoms with van der Waals surface area (Å²) in [5, 5.41) is 0. The lowest BCUT2D eigenvalue weighted by atomic mass is 9.64. The topological polar surface area (TPSA) is 35.5 Å². The molecular weight excluding hydrogens is 204 g/mol. The molecule has 0 spiro atoms. The van der Waals surface area contributed by atoms with Gasteiger partial charge in [0, 0.05) is 0 Å². The van der Waals surface area contributed by atoms with Gasteiger partial charge in [0.2, 0.25) is 0 Å². The van der Waals surface area contributed by atoms with Crippen molar-refractivity contribution in [2.24, 2.45) is 0 Å². The number of methoxy groups -OCH3 is 2. The molecule has 0 aromatic heterocycles. The molecule has 86 valence electrons. The highest BCUT2D eigenvalue weighted by Gasteiger charge is 2.46. The van der Waals surface area contributed by atoms with Gasteiger partial charge in [0.05, 0.1) is 19.6 Å². The normalized spacial score (nSPS) is 17.4. The quantitative estimate of drug-likeness (QED) is 0.733. The molecule has 0 heterocycles. The van der Waals surface area contributed by atoms with E-state index >= 15 is 0 Å². The van der Waals surface area contributed by atoms with Crippen LogP contribution in [0.2, 0.25) is 0 Å². The summed E-state index contributed by atoms with van der Waals surface area (Å²) < 4.78 is 10.1. The average molecular weight is 220 g/mol. The van der Waals surface area contributed by atoms with Gasteiger partial charge in [0.1, 0.15) is 5.75 Å². The van der Waals surface area contributed by atoms with Gasteiger partial charge in [-0.1, -0.05) is 18.6 Å². The fraction of sp³-hybridized carbons (Fsp3) is 0.462. The van der Waals surface area contributed by atoms with Gasteiger partial charge in [0.25, 0.3) is 0 Å². The summed E-state index contributed by atoms with van der Waals surface area (Å²) in [6.07, 6.45) is 2.81. The average Bonchev–Trinajstić information content (AvgIpc) is 2.27. The van der Waals surface area contributed by atoms with Crippen molar-refractivity contribution in [3.05, 3.63) is 29.8 Å². The summed E-state index contributed by atoms with van der Waals surface area (Å²) >= 11 is 0. The van der Waals surface area contributed by atoms with Crippen LogP contribution in [0.3, 0.4) is 0 Å². The molecule has 3 nitrogen and oxygen atoms in total. The Morgan fingerprint density at radius 1 is 1.31 bits per heavy atom. The lowest BCUT2D eigenvalue weighted by molar-refractivity contribution is -0.151. The third kappa shape index (κ3) is 1.56. The van der Waals surface area contributed by atoms with Crippen LogP contribution in [-0.2, 0) is 14.9 Å². The molecule has 1 aromatic carbocycles. The first kappa shape index (κ1) is 11.0. The Bertz CT molecular complexity index is 394. The summed E-state index contributed by atoms with van der Waals surface area (Å²) in [5.74, 6) is 0.652. The van der Waals surface area contributed by atoms with Crippen LogP contribution in [-0.4, -0.2) is 20.2 Å². The van der Waals surface area contributed by atoms with Crippen molar-refractivity contribution in [3.8, 4) is 5.75 Å². The van der Waals surface area contributed by atoms with Crippen molar-refractivity contribution in [1.29, 1.82) is 0 Å². The van der Waals surface area contributed by atoms with E-state index in [2.05, 4.69) is 0 Å². The molecule has 16 heavy (non-hydrogen) atoms. The van der Waals surface area contributed by atoms with Crippen LogP contribution in [0.25, 0.3) is 0 Å². The predicted octanol–water partition coefficient (Wildman–Crippen LogP) is 2.29. The zero-order valence-electron chi connectivity index (χ0n) is 9.66. The van der Waals surface area contributed by atoms with Crippen molar-refractivity contribution < 1.29 is 14.3 Å². The SMILES string of the molecule is COC(=O)C1(c2cccc(OC)c2)CCC1. The van der Waals surface area contributed by atoms with Crippen molar-refractivity contribution in [1.82, 2.24) is 0 Å². The number of ether oxygens (including phenoxy) is 2. The number of esters is 1. The summed E-state index contributed by atoms with van der Waals surface area (Å²) in [6, 6.07) is 7.69. The second-order valence-electron chi connectivity index (χ2n) is 4.16. The van der Waals surface area contributed by atoms with Crippen LogP contribution in [0.1, 0.15) is 24.8 Å². The number of hydrogen-bond acceptors (Lipinski definition) is 3. The second kappa shape index (κ2) is 4.16. The molecule has 0 radical (unpaired) electrons. The van der Waals surface area contributed by atoms with Gasteiger partial charge in [-0.3, -0.25) is 4.79 Å². The van der Waals surface area contributed by atoms with Crippen LogP contribution in [0.15, 0.2) is 24.3 Å². The maximum absolute atomic E-state index is 11.9. The fourth-order valence-electron chi connectivity index (χ4n) is 2.26. The van der Waals surface area contributed by atoms with E-state index < -0.39 is 5.41 Å². The van der Waals surface area contributed by atoms with Gasteiger partial charge in [-0.15, -0.1) is 0 Å². The molecule has 1 fully saturated rings. The first-order chi connectivity index (χ1) is 7.73. The molecule has 1 aliphatic rings. The molecule has 0 bridgehead atoms. The molecule has 0 aliphatic heterocycles. The molecule has 0 N–H and O–H groups in total. The Morgan fingerprint density at radius 2 is 2.06 bits per heavy atom. The van der Waals surface area contributed by atoms with E-state index in [-0.39, 0.29) is 5.97 Å². The van der Waals surface area contributed by atoms with Gasteiger partial charge in [-0.05, 0) is 30.5 Å². The summed E-state index contributed by atoms with van der Waals surface area (Å²) in [7, 11) is 3.08.